The lowest BCUT2D eigenvalue weighted by Crippen LogP contribution is -2.20. The second kappa shape index (κ2) is 5.06. The van der Waals surface area contributed by atoms with E-state index < -0.39 is 18.3 Å². The number of hydrogen-bond donors (Lipinski definition) is 1. The van der Waals surface area contributed by atoms with E-state index in [9.17, 15) is 13.6 Å². The summed E-state index contributed by atoms with van der Waals surface area (Å²) in [5.41, 5.74) is 0. The van der Waals surface area contributed by atoms with Crippen molar-refractivity contribution in [3.8, 4) is 0 Å². The maximum atomic E-state index is 11.7. The van der Waals surface area contributed by atoms with E-state index in [0.29, 0.717) is 0 Å². The Hall–Kier alpha value is -0.670. The predicted octanol–water partition coefficient (Wildman–Crippen LogP) is 2.39. The third-order valence-electron chi connectivity index (χ3n) is 1.82. The molecule has 0 aromatic heterocycles. The molecule has 0 amide bonds. The van der Waals surface area contributed by atoms with Gasteiger partial charge in [-0.2, -0.15) is 0 Å². The van der Waals surface area contributed by atoms with E-state index in [-0.39, 0.29) is 18.8 Å². The standard InChI is InChI=1S/C8H14F2O2/c1-5(2)6(8(11)12)3-4-7(9)10/h5-7H,3-4H2,1-2H3,(H,11,12). The third-order valence-corrected chi connectivity index (χ3v) is 1.82. The molecule has 12 heavy (non-hydrogen) atoms. The van der Waals surface area contributed by atoms with Crippen LogP contribution in [0.3, 0.4) is 0 Å². The van der Waals surface area contributed by atoms with Gasteiger partial charge in [0.25, 0.3) is 0 Å². The highest BCUT2D eigenvalue weighted by atomic mass is 19.3. The molecule has 1 unspecified atom stereocenters. The summed E-state index contributed by atoms with van der Waals surface area (Å²) < 4.78 is 23.5. The van der Waals surface area contributed by atoms with Gasteiger partial charge in [0.1, 0.15) is 0 Å². The summed E-state index contributed by atoms with van der Waals surface area (Å²) in [5.74, 6) is -1.70. The van der Waals surface area contributed by atoms with Gasteiger partial charge in [0.05, 0.1) is 5.92 Å². The van der Waals surface area contributed by atoms with Crippen LogP contribution in [0.15, 0.2) is 0 Å². The summed E-state index contributed by atoms with van der Waals surface area (Å²) in [4.78, 5) is 10.5. The fourth-order valence-electron chi connectivity index (χ4n) is 1.05. The van der Waals surface area contributed by atoms with Crippen molar-refractivity contribution in [1.29, 1.82) is 0 Å². The highest BCUT2D eigenvalue weighted by Crippen LogP contribution is 2.19. The molecule has 0 aliphatic heterocycles. The van der Waals surface area contributed by atoms with Gasteiger partial charge >= 0.3 is 5.97 Å². The first-order valence-electron chi connectivity index (χ1n) is 3.96. The number of hydrogen-bond acceptors (Lipinski definition) is 1. The van der Waals surface area contributed by atoms with Crippen LogP contribution < -0.4 is 0 Å². The Morgan fingerprint density at radius 2 is 1.83 bits per heavy atom. The Morgan fingerprint density at radius 3 is 2.08 bits per heavy atom. The Morgan fingerprint density at radius 1 is 1.33 bits per heavy atom. The normalized spacial score (nSPS) is 13.8. The van der Waals surface area contributed by atoms with E-state index in [0.717, 1.165) is 0 Å². The smallest absolute Gasteiger partial charge is 0.306 e. The number of carboxylic acid groups (broad SMARTS) is 1. The van der Waals surface area contributed by atoms with E-state index in [4.69, 9.17) is 5.11 Å². The summed E-state index contributed by atoms with van der Waals surface area (Å²) in [6.45, 7) is 3.45. The molecule has 0 rings (SSSR count). The molecule has 0 heterocycles. The lowest BCUT2D eigenvalue weighted by Gasteiger charge is -2.15. The van der Waals surface area contributed by atoms with Crippen molar-refractivity contribution in [2.24, 2.45) is 11.8 Å². The highest BCUT2D eigenvalue weighted by Gasteiger charge is 2.22. The lowest BCUT2D eigenvalue weighted by molar-refractivity contribution is -0.143. The Labute approximate surface area is 70.6 Å². The molecule has 0 saturated carbocycles. The maximum absolute atomic E-state index is 11.7. The van der Waals surface area contributed by atoms with Crippen LogP contribution in [0.4, 0.5) is 8.78 Å². The summed E-state index contributed by atoms with van der Waals surface area (Å²) in [5, 5.41) is 8.61. The number of halogens is 2. The van der Waals surface area contributed by atoms with Crippen molar-refractivity contribution in [3.63, 3.8) is 0 Å². The average molecular weight is 180 g/mol. The fraction of sp³-hybridized carbons (Fsp3) is 0.875. The first-order valence-corrected chi connectivity index (χ1v) is 3.96. The monoisotopic (exact) mass is 180 g/mol. The van der Waals surface area contributed by atoms with Gasteiger partial charge in [-0.1, -0.05) is 13.8 Å². The second-order valence-corrected chi connectivity index (χ2v) is 3.16. The molecule has 0 aliphatic rings. The maximum Gasteiger partial charge on any atom is 0.306 e. The van der Waals surface area contributed by atoms with Crippen LogP contribution in [0.1, 0.15) is 26.7 Å². The first-order chi connectivity index (χ1) is 5.45. The van der Waals surface area contributed by atoms with Crippen LogP contribution in [-0.4, -0.2) is 17.5 Å². The molecular formula is C8H14F2O2. The number of aliphatic carboxylic acids is 1. The molecule has 2 nitrogen and oxygen atoms in total. The first kappa shape index (κ1) is 11.3. The molecule has 4 heteroatoms. The van der Waals surface area contributed by atoms with Crippen molar-refractivity contribution in [1.82, 2.24) is 0 Å². The van der Waals surface area contributed by atoms with Crippen molar-refractivity contribution in [2.75, 3.05) is 0 Å². The Balaban J connectivity index is 3.88. The molecule has 0 spiro atoms. The van der Waals surface area contributed by atoms with Crippen LogP contribution in [0.2, 0.25) is 0 Å². The van der Waals surface area contributed by atoms with E-state index in [1.54, 1.807) is 13.8 Å². The average Bonchev–Trinajstić information content (AvgIpc) is 1.84. The Bertz CT molecular complexity index is 146. The minimum atomic E-state index is -2.40. The molecule has 0 bridgehead atoms. The van der Waals surface area contributed by atoms with E-state index >= 15 is 0 Å². The van der Waals surface area contributed by atoms with Gasteiger partial charge in [0.2, 0.25) is 6.43 Å². The van der Waals surface area contributed by atoms with E-state index in [1.807, 2.05) is 0 Å². The van der Waals surface area contributed by atoms with Crippen molar-refractivity contribution in [3.05, 3.63) is 0 Å². The van der Waals surface area contributed by atoms with Gasteiger partial charge in [-0.3, -0.25) is 4.79 Å². The van der Waals surface area contributed by atoms with Gasteiger partial charge in [-0.15, -0.1) is 0 Å². The topological polar surface area (TPSA) is 37.3 Å². The molecule has 0 radical (unpaired) electrons. The third kappa shape index (κ3) is 4.26. The van der Waals surface area contributed by atoms with E-state index in [1.165, 1.54) is 0 Å². The molecule has 1 N–H and O–H groups in total. The summed E-state index contributed by atoms with van der Waals surface area (Å²) in [6, 6.07) is 0. The number of alkyl halides is 2. The van der Waals surface area contributed by atoms with Crippen LogP contribution in [-0.2, 0) is 4.79 Å². The van der Waals surface area contributed by atoms with Crippen LogP contribution in [0, 0.1) is 11.8 Å². The summed E-state index contributed by atoms with van der Waals surface area (Å²) in [7, 11) is 0. The molecule has 1 atom stereocenters. The molecule has 0 aromatic carbocycles. The minimum absolute atomic E-state index is 0.0602. The molecule has 0 fully saturated rings. The van der Waals surface area contributed by atoms with Gasteiger partial charge in [-0.25, -0.2) is 8.78 Å². The van der Waals surface area contributed by atoms with E-state index in [2.05, 4.69) is 0 Å². The van der Waals surface area contributed by atoms with Crippen LogP contribution in [0.25, 0.3) is 0 Å². The quantitative estimate of drug-likeness (QED) is 0.705. The Kier molecular flexibility index (Phi) is 4.78. The summed E-state index contributed by atoms with van der Waals surface area (Å²) in [6.07, 6.45) is -2.66. The van der Waals surface area contributed by atoms with Crippen LogP contribution in [0.5, 0.6) is 0 Å². The molecule has 0 aliphatic carbocycles. The highest BCUT2D eigenvalue weighted by molar-refractivity contribution is 5.70. The molecule has 0 aromatic rings. The van der Waals surface area contributed by atoms with Gasteiger partial charge < -0.3 is 5.11 Å². The largest absolute Gasteiger partial charge is 0.481 e. The van der Waals surface area contributed by atoms with Crippen LogP contribution >= 0.6 is 0 Å². The fourth-order valence-corrected chi connectivity index (χ4v) is 1.05. The number of rotatable bonds is 5. The van der Waals surface area contributed by atoms with Gasteiger partial charge in [0.15, 0.2) is 0 Å². The van der Waals surface area contributed by atoms with Gasteiger partial charge in [0, 0.05) is 6.42 Å². The number of carboxylic acids is 1. The molecule has 72 valence electrons. The molecule has 0 saturated heterocycles. The zero-order chi connectivity index (χ0) is 9.72. The lowest BCUT2D eigenvalue weighted by atomic mass is 9.91. The zero-order valence-corrected chi connectivity index (χ0v) is 7.26. The van der Waals surface area contributed by atoms with Crippen molar-refractivity contribution >= 4 is 5.97 Å². The molecular weight excluding hydrogens is 166 g/mol. The SMILES string of the molecule is CC(C)C(CCC(F)F)C(=O)O. The summed E-state index contributed by atoms with van der Waals surface area (Å²) >= 11 is 0. The second-order valence-electron chi connectivity index (χ2n) is 3.16. The van der Waals surface area contributed by atoms with Gasteiger partial charge in [-0.05, 0) is 12.3 Å². The zero-order valence-electron chi connectivity index (χ0n) is 7.26. The number of carbonyl (C=O) groups is 1. The minimum Gasteiger partial charge on any atom is -0.481 e. The predicted molar refractivity (Wildman–Crippen MR) is 41.2 cm³/mol. The van der Waals surface area contributed by atoms with Crippen molar-refractivity contribution < 1.29 is 18.7 Å². The van der Waals surface area contributed by atoms with Crippen molar-refractivity contribution in [2.45, 2.75) is 33.1 Å².